The minimum absolute atomic E-state index is 0.0231. The van der Waals surface area contributed by atoms with Crippen molar-refractivity contribution in [3.8, 4) is 23.0 Å². The molecule has 7 heterocycles. The molecule has 0 radical (unpaired) electrons. The Morgan fingerprint density at radius 1 is 0.375 bits per heavy atom. The summed E-state index contributed by atoms with van der Waals surface area (Å²) >= 11 is 0. The van der Waals surface area contributed by atoms with Gasteiger partial charge in [-0.25, -0.2) is 0 Å². The lowest BCUT2D eigenvalue weighted by Gasteiger charge is -2.37. The molecule has 0 aliphatic carbocycles. The number of hydrogen-bond acceptors (Lipinski definition) is 28. The van der Waals surface area contributed by atoms with Crippen LogP contribution in [0.3, 0.4) is 0 Å². The number of ether oxygens (including phenoxy) is 13. The average Bonchev–Trinajstić information content (AvgIpc) is 1.45. The van der Waals surface area contributed by atoms with Gasteiger partial charge in [0.1, 0.15) is 107 Å². The molecule has 8 unspecified atom stereocenters. The Labute approximate surface area is 692 Å². The molecule has 15 rings (SSSR count). The fourth-order valence-electron chi connectivity index (χ4n) is 15.4. The molecule has 0 saturated carbocycles. The Kier molecular flexibility index (Phi) is 31.1. The minimum atomic E-state index is -1.38. The van der Waals surface area contributed by atoms with E-state index in [4.69, 9.17) is 87.9 Å². The number of aromatic nitrogens is 2. The smallest absolute Gasteiger partial charge is 0.270 e. The number of benzene rings is 8. The van der Waals surface area contributed by atoms with E-state index in [9.17, 15) is 40.7 Å². The van der Waals surface area contributed by atoms with Crippen molar-refractivity contribution in [1.29, 1.82) is 0 Å². The van der Waals surface area contributed by atoms with Crippen LogP contribution in [0.15, 0.2) is 219 Å². The molecule has 8 aromatic carbocycles. The minimum Gasteiger partial charge on any atom is -0.497 e. The van der Waals surface area contributed by atoms with E-state index in [0.717, 1.165) is 39.8 Å². The third kappa shape index (κ3) is 19.5. The largest absolute Gasteiger partial charge is 0.497 e. The maximum Gasteiger partial charge on any atom is 0.270 e. The Hall–Kier alpha value is -9.96. The van der Waals surface area contributed by atoms with Crippen molar-refractivity contribution in [1.82, 2.24) is 9.13 Å². The highest BCUT2D eigenvalue weighted by atomic mass is 16.7. The highest BCUT2D eigenvalue weighted by molar-refractivity contribution is 5.83. The predicted molar refractivity (Wildman–Crippen MR) is 435 cm³/mol. The van der Waals surface area contributed by atoms with Crippen LogP contribution in [-0.2, 0) is 53.8 Å². The molecule has 32 nitrogen and oxygen atoms in total. The summed E-state index contributed by atoms with van der Waals surface area (Å²) in [6.45, 7) is 5.70. The van der Waals surface area contributed by atoms with E-state index in [1.807, 2.05) is 158 Å². The van der Waals surface area contributed by atoms with Crippen LogP contribution in [0.5, 0.6) is 23.0 Å². The van der Waals surface area contributed by atoms with E-state index in [-0.39, 0.29) is 37.5 Å². The van der Waals surface area contributed by atoms with Crippen LogP contribution < -0.4 is 18.9 Å². The quantitative estimate of drug-likeness (QED) is 0.0147. The Morgan fingerprint density at radius 3 is 0.983 bits per heavy atom. The van der Waals surface area contributed by atoms with Crippen molar-refractivity contribution >= 4 is 33.2 Å². The van der Waals surface area contributed by atoms with E-state index in [2.05, 4.69) is 30.2 Å². The summed E-state index contributed by atoms with van der Waals surface area (Å²) in [6, 6.07) is 62.2. The summed E-state index contributed by atoms with van der Waals surface area (Å²) in [5.41, 5.74) is 3.87. The Balaban J connectivity index is 0.000000171. The summed E-state index contributed by atoms with van der Waals surface area (Å²) in [7, 11) is 9.50. The number of nitro groups is 2. The first-order valence-electron chi connectivity index (χ1n) is 38.9. The van der Waals surface area contributed by atoms with Gasteiger partial charge in [0, 0.05) is 67.6 Å². The number of nitrogens with zero attached hydrogens (tertiary/aromatic N) is 4. The zero-order valence-corrected chi connectivity index (χ0v) is 67.5. The molecule has 0 spiro atoms. The van der Waals surface area contributed by atoms with Gasteiger partial charge in [-0.15, -0.1) is 0 Å². The topological polar surface area (TPSA) is 439 Å². The van der Waals surface area contributed by atoms with Gasteiger partial charge in [0.25, 0.3) is 11.4 Å². The molecule has 5 saturated heterocycles. The van der Waals surface area contributed by atoms with Crippen LogP contribution in [0.1, 0.15) is 73.0 Å². The van der Waals surface area contributed by atoms with Gasteiger partial charge >= 0.3 is 0 Å². The number of nitro benzene ring substituents is 2. The molecule has 5 aliphatic heterocycles. The summed E-state index contributed by atoms with van der Waals surface area (Å²) < 4.78 is 76.2. The van der Waals surface area contributed by atoms with Gasteiger partial charge in [-0.05, 0) is 119 Å². The van der Waals surface area contributed by atoms with Crippen molar-refractivity contribution in [3.63, 3.8) is 0 Å². The Morgan fingerprint density at radius 2 is 0.708 bits per heavy atom. The number of fused-ring (bicyclic) bond motifs is 2. The molecular formula is C88H104N4O28. The first kappa shape index (κ1) is 90.8. The third-order valence-electron chi connectivity index (χ3n) is 22.4. The fraction of sp³-hybridized carbons (Fsp3) is 0.409. The van der Waals surface area contributed by atoms with Crippen molar-refractivity contribution in [2.24, 2.45) is 11.8 Å². The van der Waals surface area contributed by atoms with Crippen LogP contribution in [-0.4, -0.2) is 242 Å². The van der Waals surface area contributed by atoms with E-state index >= 15 is 0 Å². The number of non-ortho nitro benzene ring substituents is 2. The lowest BCUT2D eigenvalue weighted by molar-refractivity contribution is -0.384. The number of methoxy groups -OCH3 is 6. The van der Waals surface area contributed by atoms with Gasteiger partial charge in [0.15, 0.2) is 31.3 Å². The second-order valence-electron chi connectivity index (χ2n) is 29.2. The first-order valence-corrected chi connectivity index (χ1v) is 38.9. The van der Waals surface area contributed by atoms with Crippen molar-refractivity contribution in [2.75, 3.05) is 69.1 Å². The Bertz CT molecular complexity index is 4450. The average molecular weight is 1670 g/mol. The number of hydrogen-bond donors (Lipinski definition) is 11. The van der Waals surface area contributed by atoms with Gasteiger partial charge in [0.05, 0.1) is 81.9 Å². The van der Waals surface area contributed by atoms with E-state index in [1.54, 1.807) is 81.3 Å². The maximum absolute atomic E-state index is 11.2. The zero-order valence-electron chi connectivity index (χ0n) is 67.5. The van der Waals surface area contributed by atoms with Gasteiger partial charge in [-0.3, -0.25) is 20.2 Å². The number of aliphatic hydroxyl groups is 11. The van der Waals surface area contributed by atoms with Crippen LogP contribution in [0.4, 0.5) is 11.4 Å². The normalized spacial score (nSPS) is 26.9. The SMILES string of the molecule is CC[C@H]1OC(OC)C(C)[C@H]1C.COC1O[C@H](CO)[C@H](O)C1O.COc1ccc(C(OC[C@H]2O[C@@H](n3ccc4cc([N+](=O)[O-])ccc43)C(O)[C@H]2O)(c2ccccc2)c2ccc(OC)cc2)cc1.COc1ccc(C(OC[C@H]2O[C@@H](n3ccc4cc([N+](=O)[O-])ccc43)C(O)[C@H]2O)(c2ccccc2)c2ccc(OC)cc2)cc1.OC[C@H]1OC(O)C(O)[C@H]1O. The second-order valence-corrected chi connectivity index (χ2v) is 29.2. The maximum atomic E-state index is 11.2. The molecule has 10 aromatic rings. The van der Waals surface area contributed by atoms with Crippen LogP contribution in [0.2, 0.25) is 0 Å². The number of rotatable bonds is 25. The standard InChI is InChI=1S/2C34H32N2O8.C9H18O2.C6H12O5.C5H10O5/c2*1-41-27-13-8-24(9-14-27)34(23-6-4-3-5-7-23,25-10-15-28(42-2)16-11-25)43-21-30-31(37)32(38)33(44-30)35-19-18-22-20-26(36(39)40)12-17-29(22)35;1-5-8-6(2)7(3)9(10-4)11-8;1-10-6-5(9)4(8)3(2-7)11-6;6-1-2-3(7)4(8)5(9)10-2/h2*3-20,30-33,37-38H,21H2,1-2H3;6-9H,5H2,1-4H3;3-9H,2H2,1H3;2-9H,1H2/t2*30-,31+,32?,33-;6-,7?,8-,9?;3-,4+,5?,6?;2-,3+,4?,5?/m11111/s1. The second kappa shape index (κ2) is 41.1. The molecule has 0 bridgehead atoms. The summed E-state index contributed by atoms with van der Waals surface area (Å²) in [5, 5.41) is 130. The van der Waals surface area contributed by atoms with Crippen molar-refractivity contribution < 1.29 is 128 Å². The van der Waals surface area contributed by atoms with Crippen LogP contribution >= 0.6 is 0 Å². The monoisotopic (exact) mass is 1660 g/mol. The molecule has 644 valence electrons. The molecule has 0 amide bonds. The molecule has 20 atom stereocenters. The summed E-state index contributed by atoms with van der Waals surface area (Å²) in [4.78, 5) is 21.6. The van der Waals surface area contributed by atoms with E-state index in [0.29, 0.717) is 62.7 Å². The highest BCUT2D eigenvalue weighted by Crippen LogP contribution is 2.46. The molecule has 11 N–H and O–H groups in total. The molecule has 2 aromatic heterocycles. The molecule has 32 heteroatoms. The third-order valence-corrected chi connectivity index (χ3v) is 22.4. The fourth-order valence-corrected chi connectivity index (χ4v) is 15.4. The van der Waals surface area contributed by atoms with Gasteiger partial charge in [-0.2, -0.15) is 0 Å². The van der Waals surface area contributed by atoms with E-state index < -0.39 is 126 Å². The van der Waals surface area contributed by atoms with Crippen molar-refractivity contribution in [3.05, 3.63) is 272 Å². The van der Waals surface area contributed by atoms with Crippen LogP contribution in [0, 0.1) is 32.1 Å². The van der Waals surface area contributed by atoms with Gasteiger partial charge in [0.2, 0.25) is 0 Å². The first-order chi connectivity index (χ1) is 57.8. The predicted octanol–water partition coefficient (Wildman–Crippen LogP) is 7.92. The van der Waals surface area contributed by atoms with Crippen LogP contribution in [0.25, 0.3) is 21.8 Å². The molecule has 5 fully saturated rings. The van der Waals surface area contributed by atoms with Gasteiger partial charge in [-0.1, -0.05) is 130 Å². The molecule has 120 heavy (non-hydrogen) atoms. The highest BCUT2D eigenvalue weighted by Gasteiger charge is 2.50. The van der Waals surface area contributed by atoms with E-state index in [1.165, 1.54) is 31.4 Å². The van der Waals surface area contributed by atoms with Gasteiger partial charge < -0.3 is 127 Å². The lowest BCUT2D eigenvalue weighted by Crippen LogP contribution is -2.39. The zero-order chi connectivity index (χ0) is 86.3. The molecular weight excluding hydrogens is 1560 g/mol. The van der Waals surface area contributed by atoms with Crippen molar-refractivity contribution in [2.45, 2.75) is 149 Å². The lowest BCUT2D eigenvalue weighted by atomic mass is 9.80. The summed E-state index contributed by atoms with van der Waals surface area (Å²) in [6.07, 6.45) is -12.4. The number of aliphatic hydroxyl groups excluding tert-OH is 11. The summed E-state index contributed by atoms with van der Waals surface area (Å²) in [5.74, 6) is 3.92. The molecule has 5 aliphatic rings.